The van der Waals surface area contributed by atoms with Gasteiger partial charge in [-0.1, -0.05) is 26.0 Å². The molecule has 1 aromatic carbocycles. The lowest BCUT2D eigenvalue weighted by atomic mass is 9.97. The van der Waals surface area contributed by atoms with Gasteiger partial charge in [0.2, 0.25) is 0 Å². The molecule has 1 atom stereocenters. The summed E-state index contributed by atoms with van der Waals surface area (Å²) in [6, 6.07) is 10.2. The van der Waals surface area contributed by atoms with E-state index in [9.17, 15) is 0 Å². The van der Waals surface area contributed by atoms with Gasteiger partial charge in [0.05, 0.1) is 17.7 Å². The zero-order valence-electron chi connectivity index (χ0n) is 10.1. The van der Waals surface area contributed by atoms with Crippen LogP contribution in [0.1, 0.15) is 13.8 Å². The highest BCUT2D eigenvalue weighted by Crippen LogP contribution is 2.25. The van der Waals surface area contributed by atoms with E-state index in [4.69, 9.17) is 9.68 Å². The van der Waals surface area contributed by atoms with Crippen molar-refractivity contribution in [2.75, 3.05) is 11.9 Å². The number of nitrogens with one attached hydrogen (secondary N) is 1. The molecule has 0 amide bonds. The van der Waals surface area contributed by atoms with E-state index in [0.717, 1.165) is 16.7 Å². The summed E-state index contributed by atoms with van der Waals surface area (Å²) in [5, 5.41) is 13.4. The molecule has 1 heterocycles. The first kappa shape index (κ1) is 11.5. The zero-order valence-corrected chi connectivity index (χ0v) is 10.1. The molecule has 0 aliphatic rings. The van der Waals surface area contributed by atoms with Gasteiger partial charge in [0.15, 0.2) is 0 Å². The molecule has 2 aromatic rings. The summed E-state index contributed by atoms with van der Waals surface area (Å²) in [6.07, 6.45) is 1.71. The average Bonchev–Trinajstić information content (AvgIpc) is 2.73. The molecule has 0 fully saturated rings. The maximum absolute atomic E-state index is 9.02. The Bertz CT molecular complexity index is 536. The lowest BCUT2D eigenvalue weighted by molar-refractivity contribution is 0.496. The molecule has 1 N–H and O–H groups in total. The standard InChI is InChI=1S/C14H16N2O/c1-10(2)11(7-15)8-16-13-9-17-14-6-4-3-5-12(13)14/h3-6,9-11,16H,8H2,1-2H3. The zero-order chi connectivity index (χ0) is 12.3. The fraction of sp³-hybridized carbons (Fsp3) is 0.357. The Kier molecular flexibility index (Phi) is 3.34. The van der Waals surface area contributed by atoms with Crippen molar-refractivity contribution >= 4 is 16.7 Å². The predicted octanol–water partition coefficient (Wildman–Crippen LogP) is 3.64. The fourth-order valence-corrected chi connectivity index (χ4v) is 1.77. The molecule has 0 aliphatic carbocycles. The van der Waals surface area contributed by atoms with Crippen molar-refractivity contribution in [1.29, 1.82) is 5.26 Å². The van der Waals surface area contributed by atoms with E-state index in [0.29, 0.717) is 12.5 Å². The van der Waals surface area contributed by atoms with Crippen molar-refractivity contribution in [1.82, 2.24) is 0 Å². The van der Waals surface area contributed by atoms with Gasteiger partial charge < -0.3 is 9.73 Å². The van der Waals surface area contributed by atoms with E-state index in [-0.39, 0.29) is 5.92 Å². The lowest BCUT2D eigenvalue weighted by Gasteiger charge is -2.13. The highest BCUT2D eigenvalue weighted by atomic mass is 16.3. The van der Waals surface area contributed by atoms with Gasteiger partial charge in [0.25, 0.3) is 0 Å². The summed E-state index contributed by atoms with van der Waals surface area (Å²) >= 11 is 0. The number of hydrogen-bond donors (Lipinski definition) is 1. The normalized spacial score (nSPS) is 12.6. The van der Waals surface area contributed by atoms with Crippen LogP contribution in [0.25, 0.3) is 11.0 Å². The SMILES string of the molecule is CC(C)C(C#N)CNc1coc2ccccc12. The van der Waals surface area contributed by atoms with Crippen LogP contribution in [-0.2, 0) is 0 Å². The van der Waals surface area contributed by atoms with Crippen LogP contribution in [0.3, 0.4) is 0 Å². The number of fused-ring (bicyclic) bond motifs is 1. The van der Waals surface area contributed by atoms with Crippen LogP contribution in [0.15, 0.2) is 34.9 Å². The number of hydrogen-bond acceptors (Lipinski definition) is 3. The van der Waals surface area contributed by atoms with Crippen LogP contribution >= 0.6 is 0 Å². The van der Waals surface area contributed by atoms with Crippen LogP contribution in [0.2, 0.25) is 0 Å². The topological polar surface area (TPSA) is 49.0 Å². The van der Waals surface area contributed by atoms with Gasteiger partial charge in [0.1, 0.15) is 11.8 Å². The van der Waals surface area contributed by atoms with Gasteiger partial charge in [0, 0.05) is 11.9 Å². The molecule has 0 bridgehead atoms. The van der Waals surface area contributed by atoms with Crippen molar-refractivity contribution in [3.05, 3.63) is 30.5 Å². The minimum Gasteiger partial charge on any atom is -0.462 e. The third-order valence-corrected chi connectivity index (χ3v) is 2.96. The molecule has 0 spiro atoms. The molecule has 0 saturated carbocycles. The number of furan rings is 1. The minimum atomic E-state index is 0.0173. The lowest BCUT2D eigenvalue weighted by Crippen LogP contribution is -2.17. The van der Waals surface area contributed by atoms with Crippen molar-refractivity contribution in [2.24, 2.45) is 11.8 Å². The first-order valence-electron chi connectivity index (χ1n) is 5.82. The van der Waals surface area contributed by atoms with Gasteiger partial charge in [-0.3, -0.25) is 0 Å². The van der Waals surface area contributed by atoms with Gasteiger partial charge >= 0.3 is 0 Å². The first-order valence-corrected chi connectivity index (χ1v) is 5.82. The third kappa shape index (κ3) is 2.42. The number of para-hydroxylation sites is 1. The van der Waals surface area contributed by atoms with E-state index in [1.807, 2.05) is 24.3 Å². The molecule has 3 heteroatoms. The number of nitriles is 1. The van der Waals surface area contributed by atoms with Crippen LogP contribution < -0.4 is 5.32 Å². The van der Waals surface area contributed by atoms with E-state index in [2.05, 4.69) is 25.2 Å². The molecule has 17 heavy (non-hydrogen) atoms. The Balaban J connectivity index is 2.12. The first-order chi connectivity index (χ1) is 8.22. The molecule has 0 radical (unpaired) electrons. The number of benzene rings is 1. The molecule has 3 nitrogen and oxygen atoms in total. The van der Waals surface area contributed by atoms with E-state index in [1.165, 1.54) is 0 Å². The minimum absolute atomic E-state index is 0.0173. The summed E-state index contributed by atoms with van der Waals surface area (Å²) in [6.45, 7) is 4.77. The van der Waals surface area contributed by atoms with E-state index >= 15 is 0 Å². The number of nitrogens with zero attached hydrogens (tertiary/aromatic N) is 1. The van der Waals surface area contributed by atoms with Gasteiger partial charge in [-0.15, -0.1) is 0 Å². The van der Waals surface area contributed by atoms with Crippen molar-refractivity contribution < 1.29 is 4.42 Å². The Hall–Kier alpha value is -1.95. The highest BCUT2D eigenvalue weighted by Gasteiger charge is 2.13. The molecule has 1 unspecified atom stereocenters. The van der Waals surface area contributed by atoms with Crippen molar-refractivity contribution in [3.63, 3.8) is 0 Å². The van der Waals surface area contributed by atoms with Gasteiger partial charge in [-0.05, 0) is 18.1 Å². The second-order valence-electron chi connectivity index (χ2n) is 4.51. The van der Waals surface area contributed by atoms with E-state index < -0.39 is 0 Å². The molecular formula is C14H16N2O. The largest absolute Gasteiger partial charge is 0.462 e. The quantitative estimate of drug-likeness (QED) is 0.869. The smallest absolute Gasteiger partial charge is 0.136 e. The molecule has 1 aromatic heterocycles. The summed E-state index contributed by atoms with van der Waals surface area (Å²) in [5.41, 5.74) is 1.83. The Morgan fingerprint density at radius 3 is 2.82 bits per heavy atom. The molecular weight excluding hydrogens is 212 g/mol. The van der Waals surface area contributed by atoms with Crippen molar-refractivity contribution in [3.8, 4) is 6.07 Å². The molecule has 0 saturated heterocycles. The predicted molar refractivity (Wildman–Crippen MR) is 68.6 cm³/mol. The maximum atomic E-state index is 9.02. The maximum Gasteiger partial charge on any atom is 0.136 e. The fourth-order valence-electron chi connectivity index (χ4n) is 1.77. The Morgan fingerprint density at radius 1 is 1.35 bits per heavy atom. The van der Waals surface area contributed by atoms with Crippen molar-refractivity contribution in [2.45, 2.75) is 13.8 Å². The summed E-state index contributed by atoms with van der Waals surface area (Å²) in [5.74, 6) is 0.370. The monoisotopic (exact) mass is 228 g/mol. The second kappa shape index (κ2) is 4.92. The molecule has 88 valence electrons. The second-order valence-corrected chi connectivity index (χ2v) is 4.51. The summed E-state index contributed by atoms with van der Waals surface area (Å²) in [7, 11) is 0. The van der Waals surface area contributed by atoms with Gasteiger partial charge in [-0.25, -0.2) is 0 Å². The van der Waals surface area contributed by atoms with E-state index in [1.54, 1.807) is 6.26 Å². The summed E-state index contributed by atoms with van der Waals surface area (Å²) in [4.78, 5) is 0. The Morgan fingerprint density at radius 2 is 2.12 bits per heavy atom. The molecule has 0 aliphatic heterocycles. The van der Waals surface area contributed by atoms with Crippen LogP contribution in [0.5, 0.6) is 0 Å². The number of rotatable bonds is 4. The number of anilines is 1. The third-order valence-electron chi connectivity index (χ3n) is 2.96. The average molecular weight is 228 g/mol. The molecule has 2 rings (SSSR count). The van der Waals surface area contributed by atoms with Crippen LogP contribution in [-0.4, -0.2) is 6.54 Å². The van der Waals surface area contributed by atoms with Gasteiger partial charge in [-0.2, -0.15) is 5.26 Å². The summed E-state index contributed by atoms with van der Waals surface area (Å²) < 4.78 is 5.43. The Labute approximate surface area is 101 Å². The van der Waals surface area contributed by atoms with Crippen LogP contribution in [0.4, 0.5) is 5.69 Å². The highest BCUT2D eigenvalue weighted by molar-refractivity contribution is 5.90. The van der Waals surface area contributed by atoms with Crippen LogP contribution in [0, 0.1) is 23.2 Å².